The smallest absolute Gasteiger partial charge is 0.0875 e. The first-order valence-electron chi connectivity index (χ1n) is 8.35. The summed E-state index contributed by atoms with van der Waals surface area (Å²) in [6.07, 6.45) is 6.76. The van der Waals surface area contributed by atoms with Gasteiger partial charge in [0.25, 0.3) is 0 Å². The molecule has 3 unspecified atom stereocenters. The minimum absolute atomic E-state index is 0.376. The van der Waals surface area contributed by atoms with Crippen LogP contribution >= 0.6 is 0 Å². The highest BCUT2D eigenvalue weighted by Crippen LogP contribution is 2.41. The minimum atomic E-state index is 0.376. The maximum atomic E-state index is 4.86. The van der Waals surface area contributed by atoms with Crippen LogP contribution in [0.5, 0.6) is 0 Å². The number of hydrogen-bond acceptors (Lipinski definition) is 2. The van der Waals surface area contributed by atoms with Crippen molar-refractivity contribution in [3.05, 3.63) is 30.0 Å². The van der Waals surface area contributed by atoms with E-state index < -0.39 is 0 Å². The molecular weight excluding hydrogens is 258 g/mol. The quantitative estimate of drug-likeness (QED) is 0.918. The van der Waals surface area contributed by atoms with Crippen LogP contribution in [0.15, 0.2) is 24.3 Å². The topological polar surface area (TPSA) is 29.9 Å². The maximum Gasteiger partial charge on any atom is 0.0875 e. The third-order valence-electron chi connectivity index (χ3n) is 5.31. The van der Waals surface area contributed by atoms with Crippen molar-refractivity contribution >= 4 is 10.9 Å². The van der Waals surface area contributed by atoms with Gasteiger partial charge >= 0.3 is 0 Å². The van der Waals surface area contributed by atoms with E-state index in [-0.39, 0.29) is 0 Å². The largest absolute Gasteiger partial charge is 0.311 e. The minimum Gasteiger partial charge on any atom is -0.311 e. The number of aryl methyl sites for hydroxylation is 1. The van der Waals surface area contributed by atoms with Gasteiger partial charge in [-0.15, -0.1) is 0 Å². The summed E-state index contributed by atoms with van der Waals surface area (Å²) in [5.41, 5.74) is 2.47. The van der Waals surface area contributed by atoms with Crippen LogP contribution in [0.2, 0.25) is 0 Å². The molecule has 1 saturated carbocycles. The molecule has 21 heavy (non-hydrogen) atoms. The second-order valence-corrected chi connectivity index (χ2v) is 6.41. The van der Waals surface area contributed by atoms with Gasteiger partial charge in [-0.05, 0) is 31.4 Å². The lowest BCUT2D eigenvalue weighted by atomic mass is 9.73. The average Bonchev–Trinajstić information content (AvgIpc) is 2.86. The van der Waals surface area contributed by atoms with Gasteiger partial charge in [-0.25, -0.2) is 0 Å². The molecular formula is C18H27N3. The molecule has 114 valence electrons. The molecule has 2 aromatic rings. The molecule has 0 aliphatic heterocycles. The number of benzene rings is 1. The zero-order valence-corrected chi connectivity index (χ0v) is 13.5. The molecule has 0 bridgehead atoms. The molecule has 1 heterocycles. The van der Waals surface area contributed by atoms with Crippen LogP contribution in [0.3, 0.4) is 0 Å². The van der Waals surface area contributed by atoms with E-state index in [0.29, 0.717) is 12.0 Å². The molecule has 3 nitrogen and oxygen atoms in total. The molecule has 3 atom stereocenters. The monoisotopic (exact) mass is 285 g/mol. The van der Waals surface area contributed by atoms with E-state index in [1.165, 1.54) is 48.7 Å². The third kappa shape index (κ3) is 2.59. The van der Waals surface area contributed by atoms with Gasteiger partial charge in [0.05, 0.1) is 17.3 Å². The normalized spacial score (nSPS) is 24.3. The lowest BCUT2D eigenvalue weighted by Crippen LogP contribution is -2.33. The zero-order chi connectivity index (χ0) is 14.8. The fourth-order valence-corrected chi connectivity index (χ4v) is 4.21. The number of nitrogens with zero attached hydrogens (tertiary/aromatic N) is 2. The molecule has 1 aromatic heterocycles. The van der Waals surface area contributed by atoms with Crippen LogP contribution < -0.4 is 5.32 Å². The van der Waals surface area contributed by atoms with E-state index in [1.54, 1.807) is 0 Å². The van der Waals surface area contributed by atoms with E-state index >= 15 is 0 Å². The summed E-state index contributed by atoms with van der Waals surface area (Å²) in [6.45, 7) is 2.34. The number of para-hydroxylation sites is 1. The molecule has 1 aliphatic rings. The highest BCUT2D eigenvalue weighted by atomic mass is 15.3. The molecule has 1 N–H and O–H groups in total. The van der Waals surface area contributed by atoms with Gasteiger partial charge in [0, 0.05) is 12.4 Å². The van der Waals surface area contributed by atoms with Crippen LogP contribution in [0.1, 0.15) is 50.8 Å². The average molecular weight is 285 g/mol. The number of nitrogens with one attached hydrogen (secondary N) is 1. The first-order valence-corrected chi connectivity index (χ1v) is 8.35. The molecule has 1 fully saturated rings. The van der Waals surface area contributed by atoms with Crippen molar-refractivity contribution in [2.75, 3.05) is 7.05 Å². The Labute approximate surface area is 127 Å². The number of fused-ring (bicyclic) bond motifs is 1. The standard InChI is InChI=1S/C18H27N3/c1-4-13-9-5-6-10-14(13)17(19-2)18-15-11-7-8-12-16(15)21(3)20-18/h7-8,11-14,17,19H,4-6,9-10H2,1-3H3. The Bertz CT molecular complexity index is 602. The second kappa shape index (κ2) is 6.18. The van der Waals surface area contributed by atoms with Crippen LogP contribution in [-0.2, 0) is 7.05 Å². The highest BCUT2D eigenvalue weighted by Gasteiger charge is 2.33. The van der Waals surface area contributed by atoms with Crippen LogP contribution in [0.4, 0.5) is 0 Å². The zero-order valence-electron chi connectivity index (χ0n) is 13.5. The Morgan fingerprint density at radius 3 is 2.81 bits per heavy atom. The SMILES string of the molecule is CCC1CCCCC1C(NC)c1nn(C)c2ccccc12. The summed E-state index contributed by atoms with van der Waals surface area (Å²) in [7, 11) is 4.15. The molecule has 1 aromatic carbocycles. The summed E-state index contributed by atoms with van der Waals surface area (Å²) in [5.74, 6) is 1.55. The number of hydrogen-bond donors (Lipinski definition) is 1. The van der Waals surface area contributed by atoms with Gasteiger partial charge < -0.3 is 5.32 Å². The van der Waals surface area contributed by atoms with E-state index in [2.05, 4.69) is 50.6 Å². The Morgan fingerprint density at radius 2 is 2.05 bits per heavy atom. The Hall–Kier alpha value is -1.35. The predicted molar refractivity (Wildman–Crippen MR) is 88.3 cm³/mol. The molecule has 1 aliphatic carbocycles. The van der Waals surface area contributed by atoms with Crippen molar-refractivity contribution in [3.8, 4) is 0 Å². The summed E-state index contributed by atoms with van der Waals surface area (Å²) in [4.78, 5) is 0. The molecule has 0 amide bonds. The van der Waals surface area contributed by atoms with Gasteiger partial charge in [-0.1, -0.05) is 50.8 Å². The Kier molecular flexibility index (Phi) is 4.29. The van der Waals surface area contributed by atoms with Crippen molar-refractivity contribution in [1.29, 1.82) is 0 Å². The summed E-state index contributed by atoms with van der Waals surface area (Å²) in [6, 6.07) is 8.97. The summed E-state index contributed by atoms with van der Waals surface area (Å²) < 4.78 is 2.03. The van der Waals surface area contributed by atoms with E-state index in [0.717, 1.165) is 5.92 Å². The Balaban J connectivity index is 2.01. The second-order valence-electron chi connectivity index (χ2n) is 6.41. The van der Waals surface area contributed by atoms with Gasteiger partial charge in [-0.3, -0.25) is 4.68 Å². The van der Waals surface area contributed by atoms with Crippen molar-refractivity contribution in [2.45, 2.75) is 45.1 Å². The Morgan fingerprint density at radius 1 is 1.29 bits per heavy atom. The van der Waals surface area contributed by atoms with Gasteiger partial charge in [-0.2, -0.15) is 5.10 Å². The van der Waals surface area contributed by atoms with E-state index in [1.807, 2.05) is 4.68 Å². The number of rotatable bonds is 4. The molecule has 0 saturated heterocycles. The molecule has 3 rings (SSSR count). The molecule has 3 heteroatoms. The van der Waals surface area contributed by atoms with Crippen molar-refractivity contribution in [2.24, 2.45) is 18.9 Å². The fraction of sp³-hybridized carbons (Fsp3) is 0.611. The third-order valence-corrected chi connectivity index (χ3v) is 5.31. The molecule has 0 radical (unpaired) electrons. The highest BCUT2D eigenvalue weighted by molar-refractivity contribution is 5.82. The fourth-order valence-electron chi connectivity index (χ4n) is 4.21. The maximum absolute atomic E-state index is 4.86. The van der Waals surface area contributed by atoms with Gasteiger partial charge in [0.15, 0.2) is 0 Å². The summed E-state index contributed by atoms with van der Waals surface area (Å²) >= 11 is 0. The van der Waals surface area contributed by atoms with Gasteiger partial charge in [0.2, 0.25) is 0 Å². The summed E-state index contributed by atoms with van der Waals surface area (Å²) in [5, 5.41) is 9.75. The van der Waals surface area contributed by atoms with Crippen molar-refractivity contribution in [3.63, 3.8) is 0 Å². The van der Waals surface area contributed by atoms with Crippen molar-refractivity contribution < 1.29 is 0 Å². The lowest BCUT2D eigenvalue weighted by molar-refractivity contribution is 0.178. The van der Waals surface area contributed by atoms with Crippen molar-refractivity contribution in [1.82, 2.24) is 15.1 Å². The van der Waals surface area contributed by atoms with E-state index in [4.69, 9.17) is 5.10 Å². The first-order chi connectivity index (χ1) is 10.3. The van der Waals surface area contributed by atoms with Crippen LogP contribution in [0, 0.1) is 11.8 Å². The van der Waals surface area contributed by atoms with E-state index in [9.17, 15) is 0 Å². The number of aromatic nitrogens is 2. The van der Waals surface area contributed by atoms with Crippen LogP contribution in [0.25, 0.3) is 10.9 Å². The lowest BCUT2D eigenvalue weighted by Gasteiger charge is -2.36. The first kappa shape index (κ1) is 14.6. The molecule has 0 spiro atoms. The van der Waals surface area contributed by atoms with Gasteiger partial charge in [0.1, 0.15) is 0 Å². The van der Waals surface area contributed by atoms with Crippen LogP contribution in [-0.4, -0.2) is 16.8 Å². The predicted octanol–water partition coefficient (Wildman–Crippen LogP) is 4.05.